The molecule has 0 aromatic heterocycles. The number of carboxylic acids is 1. The fraction of sp³-hybridized carbons (Fsp3) is 0.769. The Bertz CT molecular complexity index is 511. The smallest absolute Gasteiger partial charge is 0.365 e. The first-order chi connectivity index (χ1) is 11.0. The highest BCUT2D eigenvalue weighted by atomic mass is 16.7. The molecule has 0 bridgehead atoms. The molecule has 138 valence electrons. The molecule has 1 rings (SSSR count). The van der Waals surface area contributed by atoms with Crippen molar-refractivity contribution in [2.45, 2.75) is 50.1 Å². The number of aliphatic carboxylic acids is 1. The number of aliphatic hydroxyl groups excluding tert-OH is 4. The van der Waals surface area contributed by atoms with Crippen LogP contribution in [0.1, 0.15) is 13.8 Å². The predicted molar refractivity (Wildman–Crippen MR) is 74.3 cm³/mol. The topological polar surface area (TPSA) is 194 Å². The second kappa shape index (κ2) is 7.51. The standard InChI is InChI=1S/C13H21NO10/c1-4(16)7-10(20)8(14-5(2)17)11(9(19)6(18)3-15)24-13(7,23)12(21)22/h6-11,15,18-20,23H,3H2,1-2H3,(H,14,17)(H,21,22)/t6-,7?,8-,9?,10+,11-,13-/m1/s1. The average Bonchev–Trinajstić information content (AvgIpc) is 2.47. The first-order valence-corrected chi connectivity index (χ1v) is 7.03. The Kier molecular flexibility index (Phi) is 6.38. The summed E-state index contributed by atoms with van der Waals surface area (Å²) in [5.41, 5.74) is 0. The zero-order valence-electron chi connectivity index (χ0n) is 13.0. The minimum Gasteiger partial charge on any atom is -0.477 e. The second-order valence-corrected chi connectivity index (χ2v) is 5.63. The van der Waals surface area contributed by atoms with Crippen LogP contribution in [0.15, 0.2) is 0 Å². The Morgan fingerprint density at radius 1 is 1.25 bits per heavy atom. The lowest BCUT2D eigenvalue weighted by molar-refractivity contribution is -0.313. The van der Waals surface area contributed by atoms with E-state index in [-0.39, 0.29) is 0 Å². The number of carboxylic acid groups (broad SMARTS) is 1. The number of Topliss-reactive ketones (excluding diaryl/α,β-unsaturated/α-hetero) is 1. The Balaban J connectivity index is 3.36. The third-order valence-electron chi connectivity index (χ3n) is 3.83. The second-order valence-electron chi connectivity index (χ2n) is 5.63. The van der Waals surface area contributed by atoms with E-state index in [9.17, 15) is 39.9 Å². The van der Waals surface area contributed by atoms with Crippen LogP contribution < -0.4 is 5.32 Å². The molecule has 11 heteroatoms. The number of amides is 1. The highest BCUT2D eigenvalue weighted by Gasteiger charge is 2.61. The molecule has 0 aromatic carbocycles. The monoisotopic (exact) mass is 351 g/mol. The lowest BCUT2D eigenvalue weighted by Crippen LogP contribution is -2.72. The van der Waals surface area contributed by atoms with Crippen LogP contribution in [-0.2, 0) is 19.1 Å². The van der Waals surface area contributed by atoms with Crippen molar-refractivity contribution in [3.05, 3.63) is 0 Å². The van der Waals surface area contributed by atoms with E-state index in [1.54, 1.807) is 0 Å². The number of rotatable bonds is 6. The molecule has 1 amide bonds. The summed E-state index contributed by atoms with van der Waals surface area (Å²) in [6.07, 6.45) is -7.54. The minimum atomic E-state index is -3.19. The number of ketones is 1. The molecule has 2 unspecified atom stereocenters. The fourth-order valence-corrected chi connectivity index (χ4v) is 2.70. The molecule has 1 saturated heterocycles. The van der Waals surface area contributed by atoms with Gasteiger partial charge in [-0.1, -0.05) is 0 Å². The molecule has 0 saturated carbocycles. The lowest BCUT2D eigenvalue weighted by Gasteiger charge is -2.48. The fourth-order valence-electron chi connectivity index (χ4n) is 2.70. The maximum atomic E-state index is 11.7. The zero-order valence-corrected chi connectivity index (χ0v) is 13.0. The molecular formula is C13H21NO10. The minimum absolute atomic E-state index is 0.707. The van der Waals surface area contributed by atoms with E-state index >= 15 is 0 Å². The van der Waals surface area contributed by atoms with Crippen molar-refractivity contribution in [2.24, 2.45) is 5.92 Å². The molecule has 0 spiro atoms. The normalized spacial score (nSPS) is 35.8. The van der Waals surface area contributed by atoms with Gasteiger partial charge in [-0.15, -0.1) is 0 Å². The van der Waals surface area contributed by atoms with E-state index in [1.807, 2.05) is 0 Å². The molecule has 7 N–H and O–H groups in total. The van der Waals surface area contributed by atoms with Gasteiger partial charge in [-0.05, 0) is 6.92 Å². The van der Waals surface area contributed by atoms with Crippen molar-refractivity contribution in [3.8, 4) is 0 Å². The Hall–Kier alpha value is -1.63. The maximum absolute atomic E-state index is 11.7. The van der Waals surface area contributed by atoms with Crippen molar-refractivity contribution >= 4 is 17.7 Å². The van der Waals surface area contributed by atoms with Crippen LogP contribution in [0.4, 0.5) is 0 Å². The van der Waals surface area contributed by atoms with Gasteiger partial charge in [0.25, 0.3) is 5.79 Å². The number of hydrogen-bond acceptors (Lipinski definition) is 9. The summed E-state index contributed by atoms with van der Waals surface area (Å²) in [7, 11) is 0. The highest BCUT2D eigenvalue weighted by Crippen LogP contribution is 2.36. The number of carbonyl (C=O) groups is 3. The molecule has 0 aliphatic carbocycles. The van der Waals surface area contributed by atoms with Crippen LogP contribution in [0.2, 0.25) is 0 Å². The van der Waals surface area contributed by atoms with Crippen molar-refractivity contribution in [1.29, 1.82) is 0 Å². The Labute approximate surface area is 136 Å². The summed E-state index contributed by atoms with van der Waals surface area (Å²) in [4.78, 5) is 34.4. The zero-order chi connectivity index (χ0) is 18.8. The predicted octanol–water partition coefficient (Wildman–Crippen LogP) is -4.06. The number of carbonyl (C=O) groups excluding carboxylic acids is 2. The van der Waals surface area contributed by atoms with E-state index in [2.05, 4.69) is 5.32 Å². The average molecular weight is 351 g/mol. The summed E-state index contributed by atoms with van der Waals surface area (Å²) in [6.45, 7) is 1.03. The van der Waals surface area contributed by atoms with E-state index in [4.69, 9.17) is 9.84 Å². The van der Waals surface area contributed by atoms with Gasteiger partial charge >= 0.3 is 5.97 Å². The first-order valence-electron chi connectivity index (χ1n) is 7.03. The van der Waals surface area contributed by atoms with Gasteiger partial charge in [0.1, 0.15) is 30.0 Å². The summed E-state index contributed by atoms with van der Waals surface area (Å²) in [6, 6.07) is -1.52. The largest absolute Gasteiger partial charge is 0.477 e. The summed E-state index contributed by atoms with van der Waals surface area (Å²) in [5.74, 6) is -8.79. The molecule has 1 heterocycles. The number of ether oxygens (including phenoxy) is 1. The summed E-state index contributed by atoms with van der Waals surface area (Å²) in [5, 5.41) is 60.3. The number of aliphatic hydroxyl groups is 5. The van der Waals surface area contributed by atoms with E-state index in [0.29, 0.717) is 0 Å². The van der Waals surface area contributed by atoms with Crippen molar-refractivity contribution in [3.63, 3.8) is 0 Å². The number of nitrogens with one attached hydrogen (secondary N) is 1. The van der Waals surface area contributed by atoms with Crippen molar-refractivity contribution < 1.29 is 49.8 Å². The quantitative estimate of drug-likeness (QED) is 0.247. The van der Waals surface area contributed by atoms with E-state index in [0.717, 1.165) is 13.8 Å². The van der Waals surface area contributed by atoms with Gasteiger partial charge in [0.15, 0.2) is 0 Å². The highest BCUT2D eigenvalue weighted by molar-refractivity contribution is 5.88. The number of hydrogen-bond donors (Lipinski definition) is 7. The third-order valence-corrected chi connectivity index (χ3v) is 3.83. The van der Waals surface area contributed by atoms with Crippen LogP contribution >= 0.6 is 0 Å². The van der Waals surface area contributed by atoms with Crippen LogP contribution in [0, 0.1) is 5.92 Å². The van der Waals surface area contributed by atoms with E-state index < -0.39 is 66.4 Å². The lowest BCUT2D eigenvalue weighted by atomic mass is 9.78. The molecule has 1 aliphatic rings. The van der Waals surface area contributed by atoms with Gasteiger partial charge in [-0.2, -0.15) is 0 Å². The van der Waals surface area contributed by atoms with Crippen LogP contribution in [0.5, 0.6) is 0 Å². The van der Waals surface area contributed by atoms with Gasteiger partial charge in [0.2, 0.25) is 5.91 Å². The molecule has 7 atom stereocenters. The van der Waals surface area contributed by atoms with Gasteiger partial charge in [0, 0.05) is 6.92 Å². The van der Waals surface area contributed by atoms with Crippen LogP contribution in [-0.4, -0.2) is 91.2 Å². The molecule has 1 aliphatic heterocycles. The summed E-state index contributed by atoms with van der Waals surface area (Å²) < 4.78 is 4.92. The molecule has 1 fully saturated rings. The third kappa shape index (κ3) is 3.71. The van der Waals surface area contributed by atoms with Crippen LogP contribution in [0.3, 0.4) is 0 Å². The molecule has 11 nitrogen and oxygen atoms in total. The van der Waals surface area contributed by atoms with Gasteiger partial charge < -0.3 is 40.7 Å². The molecule has 24 heavy (non-hydrogen) atoms. The maximum Gasteiger partial charge on any atom is 0.365 e. The first kappa shape index (κ1) is 20.4. The van der Waals surface area contributed by atoms with E-state index in [1.165, 1.54) is 0 Å². The van der Waals surface area contributed by atoms with Crippen molar-refractivity contribution in [2.75, 3.05) is 6.61 Å². The van der Waals surface area contributed by atoms with Gasteiger partial charge in [-0.25, -0.2) is 4.79 Å². The summed E-state index contributed by atoms with van der Waals surface area (Å²) >= 11 is 0. The van der Waals surface area contributed by atoms with Crippen molar-refractivity contribution in [1.82, 2.24) is 5.32 Å². The SMILES string of the molecule is CC(=O)N[C@@H]1[C@@H](O)C(C(C)=O)[C@](O)(C(=O)O)O[C@H]1C(O)[C@H](O)CO. The van der Waals surface area contributed by atoms with Gasteiger partial charge in [0.05, 0.1) is 18.8 Å². The Morgan fingerprint density at radius 3 is 2.17 bits per heavy atom. The molecule has 0 radical (unpaired) electrons. The van der Waals surface area contributed by atoms with Gasteiger partial charge in [-0.3, -0.25) is 9.59 Å². The molecular weight excluding hydrogens is 330 g/mol. The van der Waals surface area contributed by atoms with Crippen LogP contribution in [0.25, 0.3) is 0 Å². The molecule has 0 aromatic rings. The Morgan fingerprint density at radius 2 is 1.79 bits per heavy atom.